The van der Waals surface area contributed by atoms with Crippen LogP contribution in [0.1, 0.15) is 16.8 Å². The maximum Gasteiger partial charge on any atom is 0.270 e. The molecule has 0 unspecified atom stereocenters. The summed E-state index contributed by atoms with van der Waals surface area (Å²) in [6.07, 6.45) is 2.30. The molecular weight excluding hydrogens is 360 g/mol. The van der Waals surface area contributed by atoms with Gasteiger partial charge in [0.25, 0.3) is 11.6 Å². The molecule has 1 aromatic heterocycles. The minimum Gasteiger partial charge on any atom is -0.491 e. The molecule has 3 aromatic rings. The molecule has 0 spiro atoms. The number of carbonyl (C=O) groups is 1. The van der Waals surface area contributed by atoms with Crippen molar-refractivity contribution in [1.82, 2.24) is 10.3 Å². The predicted octanol–water partition coefficient (Wildman–Crippen LogP) is 3.38. The molecule has 28 heavy (non-hydrogen) atoms. The molecule has 1 heterocycles. The number of hydrogen-bond acceptors (Lipinski definition) is 6. The van der Waals surface area contributed by atoms with Crippen LogP contribution < -0.4 is 15.4 Å². The molecule has 3 rings (SSSR count). The molecule has 8 heteroatoms. The van der Waals surface area contributed by atoms with Crippen molar-refractivity contribution in [3.05, 3.63) is 70.4 Å². The number of nitrogens with zero attached hydrogens (tertiary/aromatic N) is 2. The number of pyridine rings is 1. The molecule has 0 aliphatic rings. The van der Waals surface area contributed by atoms with Crippen LogP contribution in [0.15, 0.2) is 54.7 Å². The Kier molecular flexibility index (Phi) is 6.01. The van der Waals surface area contributed by atoms with E-state index in [2.05, 4.69) is 15.6 Å². The standard InChI is InChI=1S/C20H20N4O4/c1-21-17-9-8-15(24(26)27)13-16(17)20(25)23-11-4-12-28-18-7-2-5-14-6-3-10-22-19(14)18/h2-3,5-10,13,21H,4,11-12H2,1H3,(H,23,25). The first-order chi connectivity index (χ1) is 13.6. The predicted molar refractivity (Wildman–Crippen MR) is 107 cm³/mol. The second kappa shape index (κ2) is 8.81. The Hall–Kier alpha value is -3.68. The topological polar surface area (TPSA) is 106 Å². The lowest BCUT2D eigenvalue weighted by molar-refractivity contribution is -0.384. The molecule has 0 fully saturated rings. The highest BCUT2D eigenvalue weighted by Crippen LogP contribution is 2.23. The summed E-state index contributed by atoms with van der Waals surface area (Å²) in [6, 6.07) is 13.7. The summed E-state index contributed by atoms with van der Waals surface area (Å²) in [4.78, 5) is 27.1. The van der Waals surface area contributed by atoms with E-state index in [0.29, 0.717) is 31.0 Å². The zero-order chi connectivity index (χ0) is 19.9. The van der Waals surface area contributed by atoms with Crippen LogP contribution in [0.3, 0.4) is 0 Å². The second-order valence-electron chi connectivity index (χ2n) is 6.03. The highest BCUT2D eigenvalue weighted by atomic mass is 16.6. The number of aromatic nitrogens is 1. The number of amides is 1. The van der Waals surface area contributed by atoms with Crippen molar-refractivity contribution in [2.45, 2.75) is 6.42 Å². The average Bonchev–Trinajstić information content (AvgIpc) is 2.72. The van der Waals surface area contributed by atoms with Crippen LogP contribution in [0.2, 0.25) is 0 Å². The van der Waals surface area contributed by atoms with Crippen molar-refractivity contribution in [2.24, 2.45) is 0 Å². The van der Waals surface area contributed by atoms with Crippen molar-refractivity contribution >= 4 is 28.2 Å². The normalized spacial score (nSPS) is 10.5. The number of fused-ring (bicyclic) bond motifs is 1. The van der Waals surface area contributed by atoms with E-state index in [0.717, 1.165) is 10.9 Å². The molecule has 0 saturated carbocycles. The number of benzene rings is 2. The Labute approximate surface area is 161 Å². The molecule has 8 nitrogen and oxygen atoms in total. The zero-order valence-corrected chi connectivity index (χ0v) is 15.3. The quantitative estimate of drug-likeness (QED) is 0.352. The highest BCUT2D eigenvalue weighted by Gasteiger charge is 2.15. The summed E-state index contributed by atoms with van der Waals surface area (Å²) in [7, 11) is 1.66. The number of non-ortho nitro benzene ring substituents is 1. The van der Waals surface area contributed by atoms with Crippen LogP contribution in [0, 0.1) is 10.1 Å². The van der Waals surface area contributed by atoms with Crippen molar-refractivity contribution in [3.8, 4) is 5.75 Å². The van der Waals surface area contributed by atoms with E-state index in [1.165, 1.54) is 18.2 Å². The van der Waals surface area contributed by atoms with Gasteiger partial charge in [0.1, 0.15) is 11.3 Å². The van der Waals surface area contributed by atoms with Crippen molar-refractivity contribution in [1.29, 1.82) is 0 Å². The first-order valence-corrected chi connectivity index (χ1v) is 8.81. The Morgan fingerprint density at radius 1 is 1.21 bits per heavy atom. The zero-order valence-electron chi connectivity index (χ0n) is 15.3. The summed E-state index contributed by atoms with van der Waals surface area (Å²) in [5.41, 5.74) is 1.43. The van der Waals surface area contributed by atoms with E-state index < -0.39 is 4.92 Å². The van der Waals surface area contributed by atoms with Crippen LogP contribution in [0.5, 0.6) is 5.75 Å². The number of nitro groups is 1. The van der Waals surface area contributed by atoms with Crippen molar-refractivity contribution in [2.75, 3.05) is 25.5 Å². The molecule has 0 aliphatic carbocycles. The maximum absolute atomic E-state index is 12.4. The van der Waals surface area contributed by atoms with Crippen LogP contribution in [-0.2, 0) is 0 Å². The third-order valence-electron chi connectivity index (χ3n) is 4.19. The van der Waals surface area contributed by atoms with Gasteiger partial charge in [0.2, 0.25) is 0 Å². The lowest BCUT2D eigenvalue weighted by atomic mass is 10.1. The third kappa shape index (κ3) is 4.35. The van der Waals surface area contributed by atoms with E-state index >= 15 is 0 Å². The fourth-order valence-corrected chi connectivity index (χ4v) is 2.80. The first-order valence-electron chi connectivity index (χ1n) is 8.81. The molecule has 0 bridgehead atoms. The van der Waals surface area contributed by atoms with Gasteiger partial charge in [-0.1, -0.05) is 18.2 Å². The van der Waals surface area contributed by atoms with Crippen LogP contribution in [-0.4, -0.2) is 36.0 Å². The molecule has 2 aromatic carbocycles. The number of anilines is 1. The average molecular weight is 380 g/mol. The second-order valence-corrected chi connectivity index (χ2v) is 6.03. The number of hydrogen-bond donors (Lipinski definition) is 2. The summed E-state index contributed by atoms with van der Waals surface area (Å²) >= 11 is 0. The number of para-hydroxylation sites is 1. The van der Waals surface area contributed by atoms with Gasteiger partial charge < -0.3 is 15.4 Å². The molecule has 0 saturated heterocycles. The molecule has 0 radical (unpaired) electrons. The van der Waals surface area contributed by atoms with Gasteiger partial charge >= 0.3 is 0 Å². The maximum atomic E-state index is 12.4. The van der Waals surface area contributed by atoms with Crippen molar-refractivity contribution < 1.29 is 14.5 Å². The third-order valence-corrected chi connectivity index (χ3v) is 4.19. The minimum absolute atomic E-state index is 0.129. The van der Waals surface area contributed by atoms with Crippen LogP contribution >= 0.6 is 0 Å². The van der Waals surface area contributed by atoms with Gasteiger partial charge in [-0.25, -0.2) is 0 Å². The van der Waals surface area contributed by atoms with Crippen molar-refractivity contribution in [3.63, 3.8) is 0 Å². The van der Waals surface area contributed by atoms with E-state index in [-0.39, 0.29) is 17.2 Å². The largest absolute Gasteiger partial charge is 0.491 e. The van der Waals surface area contributed by atoms with Gasteiger partial charge in [0, 0.05) is 43.0 Å². The number of ether oxygens (including phenoxy) is 1. The number of nitro benzene ring substituents is 1. The lowest BCUT2D eigenvalue weighted by Gasteiger charge is -2.11. The Balaban J connectivity index is 1.55. The molecular formula is C20H20N4O4. The molecule has 1 amide bonds. The molecule has 144 valence electrons. The Morgan fingerprint density at radius 3 is 2.82 bits per heavy atom. The van der Waals surface area contributed by atoms with E-state index in [1.54, 1.807) is 13.2 Å². The summed E-state index contributed by atoms with van der Waals surface area (Å²) in [6.45, 7) is 0.784. The molecule has 0 aliphatic heterocycles. The van der Waals surface area contributed by atoms with Gasteiger partial charge in [-0.15, -0.1) is 0 Å². The van der Waals surface area contributed by atoms with Gasteiger partial charge in [0.05, 0.1) is 17.1 Å². The monoisotopic (exact) mass is 380 g/mol. The highest BCUT2D eigenvalue weighted by molar-refractivity contribution is 6.00. The van der Waals surface area contributed by atoms with Gasteiger partial charge in [0.15, 0.2) is 0 Å². The summed E-state index contributed by atoms with van der Waals surface area (Å²) in [5.74, 6) is 0.320. The lowest BCUT2D eigenvalue weighted by Crippen LogP contribution is -2.26. The Bertz CT molecular complexity index is 1000. The smallest absolute Gasteiger partial charge is 0.270 e. The van der Waals surface area contributed by atoms with E-state index in [4.69, 9.17) is 4.74 Å². The number of rotatable bonds is 8. The fraction of sp³-hybridized carbons (Fsp3) is 0.200. The number of nitrogens with one attached hydrogen (secondary N) is 2. The van der Waals surface area contributed by atoms with Gasteiger partial charge in [-0.3, -0.25) is 19.9 Å². The van der Waals surface area contributed by atoms with Crippen LogP contribution in [0.4, 0.5) is 11.4 Å². The van der Waals surface area contributed by atoms with E-state index in [9.17, 15) is 14.9 Å². The van der Waals surface area contributed by atoms with E-state index in [1.807, 2.05) is 30.3 Å². The summed E-state index contributed by atoms with van der Waals surface area (Å²) in [5, 5.41) is 17.6. The summed E-state index contributed by atoms with van der Waals surface area (Å²) < 4.78 is 5.79. The first kappa shape index (κ1) is 19.1. The van der Waals surface area contributed by atoms with Gasteiger partial charge in [-0.2, -0.15) is 0 Å². The molecule has 0 atom stereocenters. The van der Waals surface area contributed by atoms with Gasteiger partial charge in [-0.05, 0) is 24.6 Å². The van der Waals surface area contributed by atoms with Crippen LogP contribution in [0.25, 0.3) is 10.9 Å². The molecule has 2 N–H and O–H groups in total. The fourth-order valence-electron chi connectivity index (χ4n) is 2.80. The Morgan fingerprint density at radius 2 is 2.04 bits per heavy atom. The number of carbonyl (C=O) groups excluding carboxylic acids is 1. The minimum atomic E-state index is -0.526. The SMILES string of the molecule is CNc1ccc([N+](=O)[O-])cc1C(=O)NCCCOc1cccc2cccnc12.